The maximum atomic E-state index is 11.6. The van der Waals surface area contributed by atoms with Gasteiger partial charge in [-0.1, -0.05) is 0 Å². The number of aromatic nitrogens is 1. The monoisotopic (exact) mass is 263 g/mol. The summed E-state index contributed by atoms with van der Waals surface area (Å²) >= 11 is 6.84. The fraction of sp³-hybridized carbons (Fsp3) is 0.556. The average Bonchev–Trinajstić information content (AvgIpc) is 2.61. The third-order valence-electron chi connectivity index (χ3n) is 1.47. The summed E-state index contributed by atoms with van der Waals surface area (Å²) in [5.41, 5.74) is 0.0991. The molecule has 90 valence electrons. The van der Waals surface area contributed by atoms with Crippen LogP contribution in [0.25, 0.3) is 0 Å². The number of alkyl halides is 1. The molecule has 1 aromatic rings. The molecular weight excluding hydrogens is 250 g/mol. The highest BCUT2D eigenvalue weighted by Gasteiger charge is 2.22. The van der Waals surface area contributed by atoms with E-state index >= 15 is 0 Å². The molecule has 0 saturated heterocycles. The lowest BCUT2D eigenvalue weighted by Crippen LogP contribution is -2.41. The molecule has 0 radical (unpaired) electrons. The molecule has 5 nitrogen and oxygen atoms in total. The number of thiazole rings is 1. The summed E-state index contributed by atoms with van der Waals surface area (Å²) in [5, 5.41) is 2.99. The lowest BCUT2D eigenvalue weighted by atomic mass is 10.2. The van der Waals surface area contributed by atoms with E-state index in [1.165, 1.54) is 11.3 Å². The number of nitrogens with zero attached hydrogens (tertiary/aromatic N) is 2. The highest BCUT2D eigenvalue weighted by atomic mass is 35.5. The molecule has 16 heavy (non-hydrogen) atoms. The van der Waals surface area contributed by atoms with Crippen LogP contribution in [0.4, 0.5) is 9.93 Å². The van der Waals surface area contributed by atoms with Gasteiger partial charge >= 0.3 is 6.09 Å². The van der Waals surface area contributed by atoms with Crippen LogP contribution >= 0.6 is 22.9 Å². The average molecular weight is 264 g/mol. The van der Waals surface area contributed by atoms with Gasteiger partial charge in [0.2, 0.25) is 5.13 Å². The minimum atomic E-state index is -0.636. The highest BCUT2D eigenvalue weighted by molar-refractivity contribution is 7.14. The smallest absolute Gasteiger partial charge is 0.431 e. The third-order valence-corrected chi connectivity index (χ3v) is 2.64. The van der Waals surface area contributed by atoms with Gasteiger partial charge in [0.15, 0.2) is 0 Å². The number of carbonyl (C=O) groups excluding carboxylic acids is 1. The van der Waals surface area contributed by atoms with E-state index in [2.05, 4.69) is 4.98 Å². The van der Waals surface area contributed by atoms with Crippen molar-refractivity contribution in [1.82, 2.24) is 4.98 Å². The molecule has 1 rings (SSSR count). The number of hydrogen-bond donors (Lipinski definition) is 1. The van der Waals surface area contributed by atoms with Crippen molar-refractivity contribution in [3.63, 3.8) is 0 Å². The maximum absolute atomic E-state index is 11.6. The van der Waals surface area contributed by atoms with Crippen LogP contribution in [0.2, 0.25) is 0 Å². The van der Waals surface area contributed by atoms with E-state index in [-0.39, 0.29) is 0 Å². The Morgan fingerprint density at radius 1 is 1.69 bits per heavy atom. The van der Waals surface area contributed by atoms with Gasteiger partial charge in [0.05, 0.1) is 11.6 Å². The van der Waals surface area contributed by atoms with Gasteiger partial charge in [-0.25, -0.2) is 15.6 Å². The predicted octanol–water partition coefficient (Wildman–Crippen LogP) is 2.50. The maximum Gasteiger partial charge on any atom is 0.431 e. The molecule has 0 aromatic carbocycles. The summed E-state index contributed by atoms with van der Waals surface area (Å²) in [4.78, 5) is 15.6. The first-order chi connectivity index (χ1) is 7.33. The van der Waals surface area contributed by atoms with Crippen molar-refractivity contribution in [2.75, 3.05) is 5.01 Å². The van der Waals surface area contributed by atoms with Crippen LogP contribution in [0.5, 0.6) is 0 Å². The van der Waals surface area contributed by atoms with E-state index in [1.807, 2.05) is 0 Å². The molecule has 0 fully saturated rings. The molecular formula is C9H14ClN3O2S. The number of ether oxygens (including phenoxy) is 1. The first kappa shape index (κ1) is 13.2. The van der Waals surface area contributed by atoms with Gasteiger partial charge in [0.1, 0.15) is 5.60 Å². The van der Waals surface area contributed by atoms with Crippen LogP contribution in [0, 0.1) is 0 Å². The van der Waals surface area contributed by atoms with E-state index in [1.54, 1.807) is 26.2 Å². The van der Waals surface area contributed by atoms with Gasteiger partial charge in [-0.15, -0.1) is 22.9 Å². The number of amides is 1. The Morgan fingerprint density at radius 3 is 2.75 bits per heavy atom. The minimum absolute atomic E-state index is 0.290. The van der Waals surface area contributed by atoms with Crippen LogP contribution < -0.4 is 10.9 Å². The number of anilines is 1. The van der Waals surface area contributed by atoms with Gasteiger partial charge in [0, 0.05) is 5.38 Å². The largest absolute Gasteiger partial charge is 0.442 e. The van der Waals surface area contributed by atoms with Crippen LogP contribution in [0.3, 0.4) is 0 Å². The molecule has 0 aliphatic heterocycles. The normalized spacial score (nSPS) is 11.3. The molecule has 0 saturated carbocycles. The first-order valence-corrected chi connectivity index (χ1v) is 6.03. The summed E-state index contributed by atoms with van der Waals surface area (Å²) < 4.78 is 5.09. The molecule has 0 atom stereocenters. The number of carbonyl (C=O) groups is 1. The van der Waals surface area contributed by atoms with Crippen molar-refractivity contribution >= 4 is 34.2 Å². The Bertz CT molecular complexity index is 375. The third kappa shape index (κ3) is 3.62. The van der Waals surface area contributed by atoms with E-state index in [0.717, 1.165) is 5.01 Å². The molecule has 0 spiro atoms. The zero-order valence-electron chi connectivity index (χ0n) is 9.36. The topological polar surface area (TPSA) is 68.5 Å². The molecule has 0 aliphatic rings. The number of hydrogen-bond acceptors (Lipinski definition) is 5. The van der Waals surface area contributed by atoms with Crippen LogP contribution in [-0.4, -0.2) is 16.7 Å². The van der Waals surface area contributed by atoms with Gasteiger partial charge in [-0.3, -0.25) is 0 Å². The summed E-state index contributed by atoms with van der Waals surface area (Å²) in [6.07, 6.45) is -0.636. The summed E-state index contributed by atoms with van der Waals surface area (Å²) in [6, 6.07) is 0. The SMILES string of the molecule is CC(C)(C)OC(=O)N(N)c1nc(CCl)cs1. The molecule has 0 bridgehead atoms. The van der Waals surface area contributed by atoms with Crippen molar-refractivity contribution in [2.45, 2.75) is 32.3 Å². The highest BCUT2D eigenvalue weighted by Crippen LogP contribution is 2.21. The molecule has 1 aromatic heterocycles. The van der Waals surface area contributed by atoms with E-state index in [0.29, 0.717) is 16.7 Å². The number of rotatable bonds is 2. The Morgan fingerprint density at radius 2 is 2.31 bits per heavy atom. The molecule has 1 heterocycles. The second-order valence-electron chi connectivity index (χ2n) is 4.11. The van der Waals surface area contributed by atoms with Gasteiger partial charge in [0.25, 0.3) is 0 Å². The quantitative estimate of drug-likeness (QED) is 0.385. The van der Waals surface area contributed by atoms with Crippen LogP contribution in [0.1, 0.15) is 26.5 Å². The molecule has 2 N–H and O–H groups in total. The fourth-order valence-electron chi connectivity index (χ4n) is 0.858. The summed E-state index contributed by atoms with van der Waals surface area (Å²) in [6.45, 7) is 5.31. The number of halogens is 1. The summed E-state index contributed by atoms with van der Waals surface area (Å²) in [7, 11) is 0. The van der Waals surface area contributed by atoms with E-state index in [9.17, 15) is 4.79 Å². The minimum Gasteiger partial charge on any atom is -0.442 e. The Labute approximate surface area is 103 Å². The number of nitrogens with two attached hydrogens (primary N) is 1. The lowest BCUT2D eigenvalue weighted by molar-refractivity contribution is 0.0580. The van der Waals surface area contributed by atoms with Crippen molar-refractivity contribution in [3.8, 4) is 0 Å². The van der Waals surface area contributed by atoms with E-state index in [4.69, 9.17) is 22.2 Å². The van der Waals surface area contributed by atoms with Crippen molar-refractivity contribution in [2.24, 2.45) is 5.84 Å². The van der Waals surface area contributed by atoms with Crippen molar-refractivity contribution < 1.29 is 9.53 Å². The first-order valence-electron chi connectivity index (χ1n) is 4.61. The molecule has 0 unspecified atom stereocenters. The van der Waals surface area contributed by atoms with Crippen molar-refractivity contribution in [1.29, 1.82) is 0 Å². The van der Waals surface area contributed by atoms with Crippen LogP contribution in [-0.2, 0) is 10.6 Å². The molecule has 1 amide bonds. The lowest BCUT2D eigenvalue weighted by Gasteiger charge is -2.22. The van der Waals surface area contributed by atoms with E-state index < -0.39 is 11.7 Å². The fourth-order valence-corrected chi connectivity index (χ4v) is 1.82. The second-order valence-corrected chi connectivity index (χ2v) is 5.21. The number of hydrazine groups is 1. The second kappa shape index (κ2) is 4.99. The van der Waals surface area contributed by atoms with Gasteiger partial charge in [-0.05, 0) is 20.8 Å². The van der Waals surface area contributed by atoms with Crippen molar-refractivity contribution in [3.05, 3.63) is 11.1 Å². The van der Waals surface area contributed by atoms with Gasteiger partial charge in [-0.2, -0.15) is 5.01 Å². The van der Waals surface area contributed by atoms with Crippen LogP contribution in [0.15, 0.2) is 5.38 Å². The Balaban J connectivity index is 2.70. The molecule has 0 aliphatic carbocycles. The Kier molecular flexibility index (Phi) is 4.12. The van der Waals surface area contributed by atoms with Gasteiger partial charge < -0.3 is 4.74 Å². The standard InChI is InChI=1S/C9H14ClN3O2S/c1-9(2,3)15-8(14)13(11)7-12-6(4-10)5-16-7/h5H,4,11H2,1-3H3. The zero-order chi connectivity index (χ0) is 12.3. The zero-order valence-corrected chi connectivity index (χ0v) is 10.9. The molecule has 7 heteroatoms. The summed E-state index contributed by atoms with van der Waals surface area (Å²) in [5.74, 6) is 5.87. The predicted molar refractivity (Wildman–Crippen MR) is 64.6 cm³/mol. The Hall–Kier alpha value is -0.850.